The molecule has 4 heteroatoms. The van der Waals surface area contributed by atoms with Crippen LogP contribution in [0.4, 0.5) is 0 Å². The van der Waals surface area contributed by atoms with Gasteiger partial charge in [0.1, 0.15) is 0 Å². The number of hydrogen-bond donors (Lipinski definition) is 2. The molecule has 0 aromatic rings. The van der Waals surface area contributed by atoms with Crippen molar-refractivity contribution >= 4 is 5.91 Å². The molecule has 1 fully saturated rings. The van der Waals surface area contributed by atoms with E-state index in [2.05, 4.69) is 0 Å². The summed E-state index contributed by atoms with van der Waals surface area (Å²) in [5, 5.41) is 8.81. The molecule has 0 radical (unpaired) electrons. The smallest absolute Gasteiger partial charge is 0.224 e. The highest BCUT2D eigenvalue weighted by molar-refractivity contribution is 5.77. The van der Waals surface area contributed by atoms with Crippen molar-refractivity contribution < 1.29 is 9.90 Å². The van der Waals surface area contributed by atoms with Crippen LogP contribution in [0.2, 0.25) is 0 Å². The summed E-state index contributed by atoms with van der Waals surface area (Å²) in [7, 11) is 0. The molecule has 1 aliphatic rings. The van der Waals surface area contributed by atoms with Gasteiger partial charge in [-0.05, 0) is 39.5 Å². The number of aliphatic hydroxyl groups is 1. The van der Waals surface area contributed by atoms with Crippen LogP contribution in [0, 0.1) is 0 Å². The Labute approximate surface area is 97.8 Å². The van der Waals surface area contributed by atoms with Gasteiger partial charge in [-0.15, -0.1) is 0 Å². The van der Waals surface area contributed by atoms with Gasteiger partial charge in [-0.3, -0.25) is 4.79 Å². The summed E-state index contributed by atoms with van der Waals surface area (Å²) in [5.41, 5.74) is 5.83. The second kappa shape index (κ2) is 5.64. The molecule has 0 atom stereocenters. The van der Waals surface area contributed by atoms with Crippen molar-refractivity contribution in [2.45, 2.75) is 57.5 Å². The zero-order chi connectivity index (χ0) is 12.2. The quantitative estimate of drug-likeness (QED) is 0.709. The van der Waals surface area contributed by atoms with Gasteiger partial charge in [0.2, 0.25) is 5.91 Å². The molecule has 1 amide bonds. The summed E-state index contributed by atoms with van der Waals surface area (Å²) in [6.07, 6.45) is 4.16. The van der Waals surface area contributed by atoms with Crippen molar-refractivity contribution in [1.82, 2.24) is 4.90 Å². The Balaban J connectivity index is 2.46. The maximum Gasteiger partial charge on any atom is 0.224 e. The van der Waals surface area contributed by atoms with E-state index in [-0.39, 0.29) is 24.1 Å². The van der Waals surface area contributed by atoms with Crippen LogP contribution < -0.4 is 5.73 Å². The van der Waals surface area contributed by atoms with Crippen LogP contribution in [0.25, 0.3) is 0 Å². The van der Waals surface area contributed by atoms with Crippen LogP contribution in [-0.2, 0) is 4.79 Å². The Morgan fingerprint density at radius 3 is 2.50 bits per heavy atom. The molecule has 0 unspecified atom stereocenters. The topological polar surface area (TPSA) is 66.6 Å². The lowest BCUT2D eigenvalue weighted by molar-refractivity contribution is -0.135. The molecule has 1 saturated carbocycles. The van der Waals surface area contributed by atoms with Gasteiger partial charge >= 0.3 is 0 Å². The lowest BCUT2D eigenvalue weighted by atomic mass is 9.75. The summed E-state index contributed by atoms with van der Waals surface area (Å²) in [6.45, 7) is 4.76. The number of carbonyl (C=O) groups is 1. The minimum Gasteiger partial charge on any atom is -0.396 e. The Hall–Kier alpha value is -0.610. The van der Waals surface area contributed by atoms with E-state index in [1.165, 1.54) is 0 Å². The van der Waals surface area contributed by atoms with E-state index < -0.39 is 0 Å². The third kappa shape index (κ3) is 3.46. The fraction of sp³-hybridized carbons (Fsp3) is 0.917. The highest BCUT2D eigenvalue weighted by Gasteiger charge is 2.36. The molecule has 3 N–H and O–H groups in total. The lowest BCUT2D eigenvalue weighted by Gasteiger charge is -2.39. The van der Waals surface area contributed by atoms with Crippen LogP contribution >= 0.6 is 0 Å². The number of aliphatic hydroxyl groups excluding tert-OH is 1. The maximum absolute atomic E-state index is 12.1. The summed E-state index contributed by atoms with van der Waals surface area (Å²) in [5.74, 6) is 0.130. The van der Waals surface area contributed by atoms with Gasteiger partial charge in [-0.1, -0.05) is 0 Å². The standard InChI is InChI=1S/C12H24N2O2/c1-10(2)14(7-4-8-15)11(16)9-12(13)5-3-6-12/h10,15H,3-9,13H2,1-2H3. The van der Waals surface area contributed by atoms with E-state index in [1.54, 1.807) is 0 Å². The van der Waals surface area contributed by atoms with Crippen LogP contribution in [0.3, 0.4) is 0 Å². The first kappa shape index (κ1) is 13.5. The SMILES string of the molecule is CC(C)N(CCCO)C(=O)CC1(N)CCC1. The average molecular weight is 228 g/mol. The molecule has 0 spiro atoms. The molecular formula is C12H24N2O2. The average Bonchev–Trinajstić information content (AvgIpc) is 2.15. The van der Waals surface area contributed by atoms with E-state index in [0.29, 0.717) is 19.4 Å². The molecule has 1 rings (SSSR count). The van der Waals surface area contributed by atoms with Gasteiger partial charge in [0.05, 0.1) is 0 Å². The second-order valence-corrected chi connectivity index (χ2v) is 5.15. The Morgan fingerprint density at radius 1 is 1.50 bits per heavy atom. The van der Waals surface area contributed by atoms with Gasteiger partial charge in [-0.25, -0.2) is 0 Å². The highest BCUT2D eigenvalue weighted by Crippen LogP contribution is 2.32. The summed E-state index contributed by atoms with van der Waals surface area (Å²) < 4.78 is 0. The van der Waals surface area contributed by atoms with Gasteiger partial charge in [0.25, 0.3) is 0 Å². The third-order valence-electron chi connectivity index (χ3n) is 3.35. The molecule has 0 heterocycles. The Bertz CT molecular complexity index is 237. The summed E-state index contributed by atoms with van der Waals surface area (Å²) in [6, 6.07) is 0.183. The fourth-order valence-corrected chi connectivity index (χ4v) is 2.12. The predicted octanol–water partition coefficient (Wildman–Crippen LogP) is 0.877. The second-order valence-electron chi connectivity index (χ2n) is 5.15. The van der Waals surface area contributed by atoms with Crippen molar-refractivity contribution in [2.75, 3.05) is 13.2 Å². The maximum atomic E-state index is 12.1. The van der Waals surface area contributed by atoms with Crippen molar-refractivity contribution in [3.05, 3.63) is 0 Å². The van der Waals surface area contributed by atoms with Gasteiger partial charge in [0, 0.05) is 31.2 Å². The fourth-order valence-electron chi connectivity index (χ4n) is 2.12. The molecule has 0 saturated heterocycles. The molecule has 0 aromatic heterocycles. The number of hydrogen-bond acceptors (Lipinski definition) is 3. The normalized spacial score (nSPS) is 18.3. The van der Waals surface area contributed by atoms with Crippen LogP contribution in [0.15, 0.2) is 0 Å². The van der Waals surface area contributed by atoms with E-state index in [9.17, 15) is 4.79 Å². The van der Waals surface area contributed by atoms with Crippen molar-refractivity contribution in [1.29, 1.82) is 0 Å². The number of nitrogens with two attached hydrogens (primary N) is 1. The molecular weight excluding hydrogens is 204 g/mol. The van der Waals surface area contributed by atoms with Crippen molar-refractivity contribution in [3.8, 4) is 0 Å². The molecule has 94 valence electrons. The number of amides is 1. The van der Waals surface area contributed by atoms with Gasteiger partial charge < -0.3 is 15.7 Å². The van der Waals surface area contributed by atoms with Crippen molar-refractivity contribution in [3.63, 3.8) is 0 Å². The first-order chi connectivity index (χ1) is 7.48. The summed E-state index contributed by atoms with van der Waals surface area (Å²) >= 11 is 0. The highest BCUT2D eigenvalue weighted by atomic mass is 16.3. The van der Waals surface area contributed by atoms with Gasteiger partial charge in [0.15, 0.2) is 0 Å². The largest absolute Gasteiger partial charge is 0.396 e. The molecule has 4 nitrogen and oxygen atoms in total. The summed E-state index contributed by atoms with van der Waals surface area (Å²) in [4.78, 5) is 13.9. The third-order valence-corrected chi connectivity index (χ3v) is 3.35. The van der Waals surface area contributed by atoms with E-state index >= 15 is 0 Å². The van der Waals surface area contributed by atoms with E-state index in [1.807, 2.05) is 18.7 Å². The molecule has 1 aliphatic carbocycles. The van der Waals surface area contributed by atoms with E-state index in [0.717, 1.165) is 19.3 Å². The number of rotatable bonds is 6. The number of nitrogens with zero attached hydrogens (tertiary/aromatic N) is 1. The monoisotopic (exact) mass is 228 g/mol. The minimum atomic E-state index is -0.247. The first-order valence-corrected chi connectivity index (χ1v) is 6.18. The molecule has 16 heavy (non-hydrogen) atoms. The zero-order valence-electron chi connectivity index (χ0n) is 10.4. The van der Waals surface area contributed by atoms with Crippen LogP contribution in [-0.4, -0.2) is 40.6 Å². The van der Waals surface area contributed by atoms with E-state index in [4.69, 9.17) is 10.8 Å². The predicted molar refractivity (Wildman–Crippen MR) is 63.9 cm³/mol. The van der Waals surface area contributed by atoms with Crippen molar-refractivity contribution in [2.24, 2.45) is 5.73 Å². The van der Waals surface area contributed by atoms with Crippen LogP contribution in [0.1, 0.15) is 46.0 Å². The molecule has 0 aromatic carbocycles. The number of carbonyl (C=O) groups excluding carboxylic acids is 1. The van der Waals surface area contributed by atoms with Crippen LogP contribution in [0.5, 0.6) is 0 Å². The Morgan fingerprint density at radius 2 is 2.12 bits per heavy atom. The van der Waals surface area contributed by atoms with Gasteiger partial charge in [-0.2, -0.15) is 0 Å². The minimum absolute atomic E-state index is 0.129. The first-order valence-electron chi connectivity index (χ1n) is 6.18. The zero-order valence-corrected chi connectivity index (χ0v) is 10.4. The Kier molecular flexibility index (Phi) is 4.74. The lowest BCUT2D eigenvalue weighted by Crippen LogP contribution is -2.51. The molecule has 0 bridgehead atoms. The molecule has 0 aliphatic heterocycles.